The molecule has 1 N–H and O–H groups in total. The molecule has 0 amide bonds. The summed E-state index contributed by atoms with van der Waals surface area (Å²) in [6.45, 7) is 8.79. The van der Waals surface area contributed by atoms with Crippen molar-refractivity contribution in [1.29, 1.82) is 0 Å². The minimum atomic E-state index is -2.79. The molecular formula is C43H52O5Si. The third-order valence-corrected chi connectivity index (χ3v) is 16.4. The van der Waals surface area contributed by atoms with Gasteiger partial charge in [-0.25, -0.2) is 0 Å². The minimum Gasteiger partial charge on any atom is -0.407 e. The summed E-state index contributed by atoms with van der Waals surface area (Å²) in [5.74, 6) is 0.242. The van der Waals surface area contributed by atoms with Crippen molar-refractivity contribution in [3.63, 3.8) is 0 Å². The second kappa shape index (κ2) is 14.6. The number of aliphatic hydroxyl groups excluding tert-OH is 1. The second-order valence-corrected chi connectivity index (χ2v) is 19.8. The second-order valence-electron chi connectivity index (χ2n) is 15.5. The summed E-state index contributed by atoms with van der Waals surface area (Å²) in [6.07, 6.45) is 4.32. The molecule has 4 aromatic carbocycles. The Balaban J connectivity index is 1.24. The molecule has 2 aliphatic heterocycles. The molecule has 2 unspecified atom stereocenters. The predicted molar refractivity (Wildman–Crippen MR) is 198 cm³/mol. The molecule has 4 aromatic rings. The fourth-order valence-corrected chi connectivity index (χ4v) is 13.6. The molecule has 6 heteroatoms. The molecule has 0 aromatic heterocycles. The highest BCUT2D eigenvalue weighted by Crippen LogP contribution is 2.55. The van der Waals surface area contributed by atoms with E-state index in [1.54, 1.807) is 0 Å². The van der Waals surface area contributed by atoms with Crippen molar-refractivity contribution >= 4 is 18.7 Å². The Labute approximate surface area is 293 Å². The Hall–Kier alpha value is -3.10. The lowest BCUT2D eigenvalue weighted by Gasteiger charge is -2.46. The smallest absolute Gasteiger partial charge is 0.261 e. The normalized spacial score (nSPS) is 27.5. The van der Waals surface area contributed by atoms with Gasteiger partial charge in [0.15, 0.2) is 12.6 Å². The van der Waals surface area contributed by atoms with Gasteiger partial charge in [-0.1, -0.05) is 136 Å². The standard InChI is InChI=1S/C43H52O5Si/c1-42(2,3)49(35-17-9-5-10-18-35,36-19-11-6-12-20-36)47-30-37-38-27-40(44)46-31-43(38,29-39(37)48-41-21-13-14-26-45-41)28-32-22-24-34(25-23-32)33-15-7-4-8-16-33/h4-12,15-20,22-25,37-41,44H,13-14,21,26-31H2,1-3H3/t37-,38-,39-,40?,41?,43-/m1/s1. The van der Waals surface area contributed by atoms with Crippen LogP contribution < -0.4 is 10.4 Å². The van der Waals surface area contributed by atoms with Crippen molar-refractivity contribution in [2.24, 2.45) is 17.3 Å². The van der Waals surface area contributed by atoms with E-state index in [0.29, 0.717) is 19.6 Å². The molecule has 1 aliphatic carbocycles. The summed E-state index contributed by atoms with van der Waals surface area (Å²) in [5.41, 5.74) is 3.53. The zero-order chi connectivity index (χ0) is 33.9. The van der Waals surface area contributed by atoms with Gasteiger partial charge in [0.25, 0.3) is 8.32 Å². The van der Waals surface area contributed by atoms with Crippen LogP contribution in [0.2, 0.25) is 5.04 Å². The number of benzene rings is 4. The molecule has 6 atom stereocenters. The Bertz CT molecular complexity index is 1580. The topological polar surface area (TPSA) is 57.2 Å². The van der Waals surface area contributed by atoms with Crippen molar-refractivity contribution in [3.05, 3.63) is 121 Å². The monoisotopic (exact) mass is 676 g/mol. The maximum absolute atomic E-state index is 11.0. The van der Waals surface area contributed by atoms with Crippen molar-refractivity contribution in [2.75, 3.05) is 19.8 Å². The van der Waals surface area contributed by atoms with E-state index < -0.39 is 14.6 Å². The molecule has 0 spiro atoms. The van der Waals surface area contributed by atoms with E-state index >= 15 is 0 Å². The first kappa shape index (κ1) is 34.4. The van der Waals surface area contributed by atoms with E-state index in [4.69, 9.17) is 18.6 Å². The minimum absolute atomic E-state index is 0.0659. The van der Waals surface area contributed by atoms with Crippen LogP contribution >= 0.6 is 0 Å². The third-order valence-electron chi connectivity index (χ3n) is 11.4. The fourth-order valence-electron chi connectivity index (χ4n) is 9.03. The van der Waals surface area contributed by atoms with Crippen LogP contribution in [0.4, 0.5) is 0 Å². The molecule has 0 radical (unpaired) electrons. The van der Waals surface area contributed by atoms with Crippen molar-refractivity contribution < 1.29 is 23.7 Å². The van der Waals surface area contributed by atoms with E-state index in [-0.39, 0.29) is 34.7 Å². The summed E-state index contributed by atoms with van der Waals surface area (Å²) in [6, 6.07) is 41.3. The van der Waals surface area contributed by atoms with Gasteiger partial charge >= 0.3 is 0 Å². The summed E-state index contributed by atoms with van der Waals surface area (Å²) >= 11 is 0. The van der Waals surface area contributed by atoms with Crippen LogP contribution in [0.15, 0.2) is 115 Å². The molecule has 1 saturated carbocycles. The van der Waals surface area contributed by atoms with Crippen LogP contribution in [-0.4, -0.2) is 51.9 Å². The number of fused-ring (bicyclic) bond motifs is 1. The Morgan fingerprint density at radius 1 is 0.776 bits per heavy atom. The maximum Gasteiger partial charge on any atom is 0.261 e. The molecule has 3 aliphatic rings. The number of aliphatic hydroxyl groups is 1. The lowest BCUT2D eigenvalue weighted by Crippen LogP contribution is -2.67. The van der Waals surface area contributed by atoms with Gasteiger partial charge in [-0.15, -0.1) is 0 Å². The zero-order valence-corrected chi connectivity index (χ0v) is 30.3. The number of hydrogen-bond donors (Lipinski definition) is 1. The fraction of sp³-hybridized carbons (Fsp3) is 0.442. The van der Waals surface area contributed by atoms with Crippen molar-refractivity contribution in [2.45, 2.75) is 83.0 Å². The molecule has 258 valence electrons. The Morgan fingerprint density at radius 2 is 1.39 bits per heavy atom. The lowest BCUT2D eigenvalue weighted by molar-refractivity contribution is -0.198. The van der Waals surface area contributed by atoms with E-state index in [9.17, 15) is 5.11 Å². The lowest BCUT2D eigenvalue weighted by atomic mass is 9.69. The van der Waals surface area contributed by atoms with Crippen LogP contribution in [-0.2, 0) is 25.1 Å². The first-order valence-corrected chi connectivity index (χ1v) is 20.1. The van der Waals surface area contributed by atoms with Gasteiger partial charge in [0.2, 0.25) is 0 Å². The molecule has 7 rings (SSSR count). The van der Waals surface area contributed by atoms with Gasteiger partial charge < -0.3 is 23.7 Å². The third kappa shape index (κ3) is 7.10. The molecule has 2 saturated heterocycles. The molecule has 0 bridgehead atoms. The van der Waals surface area contributed by atoms with Crippen LogP contribution in [0.25, 0.3) is 11.1 Å². The van der Waals surface area contributed by atoms with Gasteiger partial charge in [0.1, 0.15) is 0 Å². The van der Waals surface area contributed by atoms with Crippen molar-refractivity contribution in [3.8, 4) is 11.1 Å². The van der Waals surface area contributed by atoms with Crippen LogP contribution in [0.1, 0.15) is 58.4 Å². The molecular weight excluding hydrogens is 625 g/mol. The zero-order valence-electron chi connectivity index (χ0n) is 29.3. The average molecular weight is 677 g/mol. The predicted octanol–water partition coefficient (Wildman–Crippen LogP) is 7.75. The first-order chi connectivity index (χ1) is 23.8. The summed E-state index contributed by atoms with van der Waals surface area (Å²) in [4.78, 5) is 0. The molecule has 3 fully saturated rings. The summed E-state index contributed by atoms with van der Waals surface area (Å²) in [5, 5.41) is 13.4. The number of hydrogen-bond acceptors (Lipinski definition) is 5. The van der Waals surface area contributed by atoms with Crippen LogP contribution in [0.5, 0.6) is 0 Å². The highest BCUT2D eigenvalue weighted by atomic mass is 28.4. The van der Waals surface area contributed by atoms with Crippen LogP contribution in [0.3, 0.4) is 0 Å². The van der Waals surface area contributed by atoms with Crippen molar-refractivity contribution in [1.82, 2.24) is 0 Å². The average Bonchev–Trinajstić information content (AvgIpc) is 3.41. The SMILES string of the molecule is CC(C)(C)[Si](OC[C@@H]1[C@H]2CC(O)OC[C@@]2(Cc2ccc(-c3ccccc3)cc2)C[C@H]1OC1CCCCO1)(c1ccccc1)c1ccccc1. The highest BCUT2D eigenvalue weighted by Gasteiger charge is 2.58. The van der Waals surface area contributed by atoms with Gasteiger partial charge in [-0.05, 0) is 70.1 Å². The quantitative estimate of drug-likeness (QED) is 0.174. The highest BCUT2D eigenvalue weighted by molar-refractivity contribution is 6.99. The van der Waals surface area contributed by atoms with Gasteiger partial charge in [0, 0.05) is 31.0 Å². The Morgan fingerprint density at radius 3 is 1.98 bits per heavy atom. The Kier molecular flexibility index (Phi) is 10.3. The number of ether oxygens (including phenoxy) is 3. The molecule has 2 heterocycles. The van der Waals surface area contributed by atoms with E-state index in [1.165, 1.54) is 27.1 Å². The first-order valence-electron chi connectivity index (χ1n) is 18.2. The van der Waals surface area contributed by atoms with Gasteiger partial charge in [-0.3, -0.25) is 0 Å². The van der Waals surface area contributed by atoms with E-state index in [0.717, 1.165) is 38.7 Å². The maximum atomic E-state index is 11.0. The van der Waals surface area contributed by atoms with Crippen LogP contribution in [0, 0.1) is 17.3 Å². The largest absolute Gasteiger partial charge is 0.407 e. The number of rotatable bonds is 10. The van der Waals surface area contributed by atoms with Gasteiger partial charge in [0.05, 0.1) is 12.7 Å². The summed E-state index contributed by atoms with van der Waals surface area (Å²) < 4.78 is 26.9. The summed E-state index contributed by atoms with van der Waals surface area (Å²) in [7, 11) is -2.79. The molecule has 49 heavy (non-hydrogen) atoms. The van der Waals surface area contributed by atoms with E-state index in [2.05, 4.69) is 136 Å². The van der Waals surface area contributed by atoms with E-state index in [1.807, 2.05) is 0 Å². The van der Waals surface area contributed by atoms with Gasteiger partial charge in [-0.2, -0.15) is 0 Å². The molecule has 5 nitrogen and oxygen atoms in total.